The van der Waals surface area contributed by atoms with E-state index in [-0.39, 0.29) is 0 Å². The number of nitriles is 1. The minimum Gasteiger partial charge on any atom is -0.493 e. The van der Waals surface area contributed by atoms with E-state index in [4.69, 9.17) is 26.3 Å². The quantitative estimate of drug-likeness (QED) is 0.839. The summed E-state index contributed by atoms with van der Waals surface area (Å²) in [6.45, 7) is 0.492. The third-order valence-electron chi connectivity index (χ3n) is 2.84. The standard InChI is InChI=1S/C16H14ClNO2/c1-19-15-10-13(11-18)9-14(17)16(15)20-8-7-12-5-3-2-4-6-12/h2-6,9-10H,7-8H2,1H3. The molecule has 0 fully saturated rings. The first-order valence-electron chi connectivity index (χ1n) is 6.19. The number of hydrogen-bond acceptors (Lipinski definition) is 3. The lowest BCUT2D eigenvalue weighted by molar-refractivity contribution is 0.298. The van der Waals surface area contributed by atoms with E-state index >= 15 is 0 Å². The predicted molar refractivity (Wildman–Crippen MR) is 78.4 cm³/mol. The largest absolute Gasteiger partial charge is 0.493 e. The molecule has 0 aliphatic carbocycles. The molecule has 2 rings (SSSR count). The summed E-state index contributed by atoms with van der Waals surface area (Å²) >= 11 is 6.12. The lowest BCUT2D eigenvalue weighted by Gasteiger charge is -2.12. The molecule has 0 atom stereocenters. The molecule has 0 aliphatic rings. The van der Waals surface area contributed by atoms with E-state index in [9.17, 15) is 0 Å². The van der Waals surface area contributed by atoms with Crippen molar-refractivity contribution in [3.05, 3.63) is 58.6 Å². The second-order valence-electron chi connectivity index (χ2n) is 4.19. The van der Waals surface area contributed by atoms with Crippen molar-refractivity contribution in [2.75, 3.05) is 13.7 Å². The van der Waals surface area contributed by atoms with E-state index in [1.54, 1.807) is 12.1 Å². The molecule has 0 unspecified atom stereocenters. The maximum Gasteiger partial charge on any atom is 0.179 e. The summed E-state index contributed by atoms with van der Waals surface area (Å²) in [6, 6.07) is 15.3. The highest BCUT2D eigenvalue weighted by atomic mass is 35.5. The normalized spacial score (nSPS) is 9.85. The molecule has 0 N–H and O–H groups in total. The molecular weight excluding hydrogens is 274 g/mol. The third kappa shape index (κ3) is 3.43. The van der Waals surface area contributed by atoms with Crippen LogP contribution < -0.4 is 9.47 Å². The van der Waals surface area contributed by atoms with Gasteiger partial charge in [-0.3, -0.25) is 0 Å². The van der Waals surface area contributed by atoms with E-state index in [0.29, 0.717) is 28.7 Å². The number of halogens is 1. The topological polar surface area (TPSA) is 42.2 Å². The molecule has 20 heavy (non-hydrogen) atoms. The summed E-state index contributed by atoms with van der Waals surface area (Å²) in [4.78, 5) is 0. The van der Waals surface area contributed by atoms with Gasteiger partial charge >= 0.3 is 0 Å². The van der Waals surface area contributed by atoms with Crippen LogP contribution in [0.5, 0.6) is 11.5 Å². The monoisotopic (exact) mass is 287 g/mol. The maximum atomic E-state index is 8.89. The van der Waals surface area contributed by atoms with Crippen molar-refractivity contribution in [1.82, 2.24) is 0 Å². The molecule has 3 nitrogen and oxygen atoms in total. The average Bonchev–Trinajstić information content (AvgIpc) is 2.49. The molecule has 0 radical (unpaired) electrons. The molecule has 2 aromatic carbocycles. The van der Waals surface area contributed by atoms with Gasteiger partial charge in [-0.2, -0.15) is 5.26 Å². The van der Waals surface area contributed by atoms with Gasteiger partial charge in [-0.05, 0) is 11.6 Å². The van der Waals surface area contributed by atoms with Crippen LogP contribution >= 0.6 is 11.6 Å². The fourth-order valence-electron chi connectivity index (χ4n) is 1.84. The zero-order valence-corrected chi connectivity index (χ0v) is 11.9. The Hall–Kier alpha value is -2.18. The molecule has 0 amide bonds. The van der Waals surface area contributed by atoms with Crippen molar-refractivity contribution < 1.29 is 9.47 Å². The van der Waals surface area contributed by atoms with Gasteiger partial charge in [-0.1, -0.05) is 41.9 Å². The van der Waals surface area contributed by atoms with E-state index in [1.165, 1.54) is 12.7 Å². The molecule has 0 aromatic heterocycles. The van der Waals surface area contributed by atoms with E-state index < -0.39 is 0 Å². The SMILES string of the molecule is COc1cc(C#N)cc(Cl)c1OCCc1ccccc1. The van der Waals surface area contributed by atoms with Crippen LogP contribution in [-0.4, -0.2) is 13.7 Å². The lowest BCUT2D eigenvalue weighted by Crippen LogP contribution is -2.03. The van der Waals surface area contributed by atoms with Crippen molar-refractivity contribution in [3.63, 3.8) is 0 Å². The molecule has 102 valence electrons. The van der Waals surface area contributed by atoms with Crippen molar-refractivity contribution in [2.24, 2.45) is 0 Å². The number of benzene rings is 2. The van der Waals surface area contributed by atoms with Crippen LogP contribution in [0, 0.1) is 11.3 Å². The summed E-state index contributed by atoms with van der Waals surface area (Å²) in [5.41, 5.74) is 1.64. The highest BCUT2D eigenvalue weighted by Gasteiger charge is 2.11. The summed E-state index contributed by atoms with van der Waals surface area (Å²) < 4.78 is 10.9. The van der Waals surface area contributed by atoms with Crippen LogP contribution in [-0.2, 0) is 6.42 Å². The van der Waals surface area contributed by atoms with E-state index in [1.807, 2.05) is 36.4 Å². The predicted octanol–water partition coefficient (Wildman–Crippen LogP) is 3.84. The molecule has 4 heteroatoms. The van der Waals surface area contributed by atoms with Gasteiger partial charge in [-0.15, -0.1) is 0 Å². The summed E-state index contributed by atoms with van der Waals surface area (Å²) in [5, 5.41) is 9.28. The molecule has 2 aromatic rings. The number of rotatable bonds is 5. The van der Waals surface area contributed by atoms with Gasteiger partial charge in [0.2, 0.25) is 0 Å². The van der Waals surface area contributed by atoms with Gasteiger partial charge in [0, 0.05) is 12.5 Å². The van der Waals surface area contributed by atoms with Gasteiger partial charge in [0.1, 0.15) is 0 Å². The van der Waals surface area contributed by atoms with Gasteiger partial charge < -0.3 is 9.47 Å². The van der Waals surface area contributed by atoms with Crippen LogP contribution in [0.1, 0.15) is 11.1 Å². The second kappa shape index (κ2) is 6.83. The third-order valence-corrected chi connectivity index (χ3v) is 3.12. The maximum absolute atomic E-state index is 8.89. The van der Waals surface area contributed by atoms with Crippen LogP contribution in [0.3, 0.4) is 0 Å². The van der Waals surface area contributed by atoms with Gasteiger partial charge in [0.05, 0.1) is 30.4 Å². The highest BCUT2D eigenvalue weighted by molar-refractivity contribution is 6.32. The molecule has 0 bridgehead atoms. The summed E-state index contributed by atoms with van der Waals surface area (Å²) in [7, 11) is 1.52. The zero-order valence-electron chi connectivity index (χ0n) is 11.1. The first-order valence-corrected chi connectivity index (χ1v) is 6.56. The van der Waals surface area contributed by atoms with Crippen LogP contribution in [0.2, 0.25) is 5.02 Å². The molecule has 0 aliphatic heterocycles. The number of ether oxygens (including phenoxy) is 2. The Kier molecular flexibility index (Phi) is 4.86. The Morgan fingerprint density at radius 3 is 2.60 bits per heavy atom. The Balaban J connectivity index is 2.08. The first kappa shape index (κ1) is 14.2. The summed E-state index contributed by atoms with van der Waals surface area (Å²) in [6.07, 6.45) is 0.778. The van der Waals surface area contributed by atoms with Gasteiger partial charge in [0.15, 0.2) is 11.5 Å². The lowest BCUT2D eigenvalue weighted by atomic mass is 10.2. The zero-order chi connectivity index (χ0) is 14.4. The molecular formula is C16H14ClNO2. The summed E-state index contributed by atoms with van der Waals surface area (Å²) in [5.74, 6) is 0.950. The Morgan fingerprint density at radius 2 is 1.95 bits per heavy atom. The van der Waals surface area contributed by atoms with Gasteiger partial charge in [-0.25, -0.2) is 0 Å². The Bertz CT molecular complexity index is 620. The van der Waals surface area contributed by atoms with E-state index in [2.05, 4.69) is 0 Å². The molecule has 0 spiro atoms. The number of hydrogen-bond donors (Lipinski definition) is 0. The second-order valence-corrected chi connectivity index (χ2v) is 4.59. The minimum atomic E-state index is 0.383. The number of nitrogens with zero attached hydrogens (tertiary/aromatic N) is 1. The van der Waals surface area contributed by atoms with Crippen LogP contribution in [0.4, 0.5) is 0 Å². The van der Waals surface area contributed by atoms with Crippen molar-refractivity contribution in [2.45, 2.75) is 6.42 Å². The van der Waals surface area contributed by atoms with Gasteiger partial charge in [0.25, 0.3) is 0 Å². The first-order chi connectivity index (χ1) is 9.74. The van der Waals surface area contributed by atoms with Crippen LogP contribution in [0.25, 0.3) is 0 Å². The Labute approximate surface area is 123 Å². The fourth-order valence-corrected chi connectivity index (χ4v) is 2.11. The smallest absolute Gasteiger partial charge is 0.179 e. The number of methoxy groups -OCH3 is 1. The minimum absolute atomic E-state index is 0.383. The van der Waals surface area contributed by atoms with Crippen molar-refractivity contribution in [3.8, 4) is 17.6 Å². The molecule has 0 heterocycles. The van der Waals surface area contributed by atoms with E-state index in [0.717, 1.165) is 6.42 Å². The molecule has 0 saturated carbocycles. The van der Waals surface area contributed by atoms with Crippen molar-refractivity contribution in [1.29, 1.82) is 5.26 Å². The average molecular weight is 288 g/mol. The molecule has 0 saturated heterocycles. The highest BCUT2D eigenvalue weighted by Crippen LogP contribution is 2.36. The van der Waals surface area contributed by atoms with Crippen molar-refractivity contribution >= 4 is 11.6 Å². The van der Waals surface area contributed by atoms with Crippen LogP contribution in [0.15, 0.2) is 42.5 Å². The Morgan fingerprint density at radius 1 is 1.20 bits per heavy atom. The fraction of sp³-hybridized carbons (Fsp3) is 0.188.